The van der Waals surface area contributed by atoms with Crippen molar-refractivity contribution in [1.82, 2.24) is 0 Å². The van der Waals surface area contributed by atoms with Crippen LogP contribution in [0.5, 0.6) is 11.5 Å². The van der Waals surface area contributed by atoms with Crippen LogP contribution in [0.2, 0.25) is 0 Å². The molecule has 0 bridgehead atoms. The summed E-state index contributed by atoms with van der Waals surface area (Å²) >= 11 is 7.21. The van der Waals surface area contributed by atoms with Crippen LogP contribution in [0.3, 0.4) is 0 Å². The fraction of sp³-hybridized carbons (Fsp3) is 0.333. The normalized spacial score (nSPS) is 14.0. The summed E-state index contributed by atoms with van der Waals surface area (Å²) in [6.45, 7) is 9.30. The van der Waals surface area contributed by atoms with Crippen molar-refractivity contribution in [3.63, 3.8) is 0 Å². The molecule has 3 rings (SSSR count). The van der Waals surface area contributed by atoms with Crippen molar-refractivity contribution in [1.29, 1.82) is 0 Å². The summed E-state index contributed by atoms with van der Waals surface area (Å²) in [5.41, 5.74) is 0.648. The van der Waals surface area contributed by atoms with Gasteiger partial charge >= 0.3 is 0 Å². The smallest absolute Gasteiger partial charge is 0.269 e. The van der Waals surface area contributed by atoms with E-state index in [9.17, 15) is 9.90 Å². The van der Waals surface area contributed by atoms with E-state index >= 15 is 0 Å². The van der Waals surface area contributed by atoms with Gasteiger partial charge in [-0.3, -0.25) is 4.79 Å². The number of carbonyl (C=O) groups excluding carboxylic acids is 1. The van der Waals surface area contributed by atoms with E-state index in [1.165, 1.54) is 18.4 Å². The van der Waals surface area contributed by atoms with Crippen molar-refractivity contribution < 1.29 is 19.4 Å². The van der Waals surface area contributed by atoms with E-state index in [2.05, 4.69) is 11.7 Å². The number of halogens is 1. The minimum absolute atomic E-state index is 0.0935. The van der Waals surface area contributed by atoms with Gasteiger partial charge < -0.3 is 19.5 Å². The molecule has 160 valence electrons. The number of hydrogen-bond acceptors (Lipinski definition) is 7. The molecule has 2 heterocycles. The molecule has 30 heavy (non-hydrogen) atoms. The van der Waals surface area contributed by atoms with Gasteiger partial charge in [-0.05, 0) is 44.5 Å². The van der Waals surface area contributed by atoms with Gasteiger partial charge in [-0.2, -0.15) is 5.10 Å². The zero-order valence-corrected chi connectivity index (χ0v) is 18.9. The summed E-state index contributed by atoms with van der Waals surface area (Å²) in [7, 11) is 1.54. The van der Waals surface area contributed by atoms with E-state index in [0.29, 0.717) is 33.8 Å². The molecule has 1 aromatic heterocycles. The monoisotopic (exact) mass is 449 g/mol. The molecule has 0 aliphatic carbocycles. The lowest BCUT2D eigenvalue weighted by Crippen LogP contribution is -2.28. The lowest BCUT2D eigenvalue weighted by molar-refractivity contribution is 0.0276. The van der Waals surface area contributed by atoms with E-state index in [1.807, 2.05) is 6.07 Å². The Morgan fingerprint density at radius 3 is 2.73 bits per heavy atom. The van der Waals surface area contributed by atoms with E-state index in [-0.39, 0.29) is 12.5 Å². The SMILES string of the molecule is C=CN(/N=C(\C)Cl)c1cc2c(s1)C(=O)N(c1ccc(OCC(C)(C)O)c(OC)c1)C2. The Morgan fingerprint density at radius 2 is 2.17 bits per heavy atom. The van der Waals surface area contributed by atoms with Gasteiger partial charge in [-0.25, -0.2) is 5.01 Å². The van der Waals surface area contributed by atoms with Crippen LogP contribution < -0.4 is 19.4 Å². The van der Waals surface area contributed by atoms with Crippen LogP contribution in [-0.4, -0.2) is 35.5 Å². The zero-order chi connectivity index (χ0) is 22.1. The van der Waals surface area contributed by atoms with Gasteiger partial charge in [0, 0.05) is 18.0 Å². The van der Waals surface area contributed by atoms with Crippen LogP contribution in [0.25, 0.3) is 0 Å². The Labute approximate surface area is 184 Å². The highest BCUT2D eigenvalue weighted by molar-refractivity contribution is 7.18. The highest BCUT2D eigenvalue weighted by Gasteiger charge is 2.32. The maximum Gasteiger partial charge on any atom is 0.269 e. The van der Waals surface area contributed by atoms with Crippen molar-refractivity contribution in [3.05, 3.63) is 47.5 Å². The molecule has 1 amide bonds. The first-order valence-corrected chi connectivity index (χ1v) is 10.4. The Balaban J connectivity index is 1.82. The van der Waals surface area contributed by atoms with Gasteiger partial charge in [0.25, 0.3) is 5.91 Å². The number of anilines is 2. The number of amides is 1. The van der Waals surface area contributed by atoms with Crippen LogP contribution in [0.15, 0.2) is 42.1 Å². The molecular weight excluding hydrogens is 426 g/mol. The van der Waals surface area contributed by atoms with Gasteiger partial charge in [0.1, 0.15) is 16.8 Å². The number of nitrogens with zero attached hydrogens (tertiary/aromatic N) is 3. The molecule has 0 unspecified atom stereocenters. The average molecular weight is 450 g/mol. The third-order valence-electron chi connectivity index (χ3n) is 4.25. The summed E-state index contributed by atoms with van der Waals surface area (Å²) in [6.07, 6.45) is 1.55. The van der Waals surface area contributed by atoms with Crippen molar-refractivity contribution in [3.8, 4) is 11.5 Å². The predicted octanol–water partition coefficient (Wildman–Crippen LogP) is 4.59. The van der Waals surface area contributed by atoms with Gasteiger partial charge in [-0.15, -0.1) is 11.3 Å². The van der Waals surface area contributed by atoms with Gasteiger partial charge in [0.15, 0.2) is 11.5 Å². The number of aliphatic hydroxyl groups is 1. The van der Waals surface area contributed by atoms with Gasteiger partial charge in [0.2, 0.25) is 0 Å². The number of hydrazone groups is 1. The maximum absolute atomic E-state index is 13.0. The molecule has 9 heteroatoms. The van der Waals surface area contributed by atoms with E-state index < -0.39 is 5.60 Å². The molecule has 1 aliphatic heterocycles. The molecule has 7 nitrogen and oxygen atoms in total. The van der Waals surface area contributed by atoms with Crippen molar-refractivity contribution >= 4 is 44.7 Å². The minimum atomic E-state index is -0.966. The summed E-state index contributed by atoms with van der Waals surface area (Å²) in [5, 5.41) is 16.7. The fourth-order valence-electron chi connectivity index (χ4n) is 2.93. The number of fused-ring (bicyclic) bond motifs is 1. The Bertz CT molecular complexity index is 993. The lowest BCUT2D eigenvalue weighted by Gasteiger charge is -2.21. The van der Waals surface area contributed by atoms with Crippen molar-refractivity contribution in [2.75, 3.05) is 23.6 Å². The first-order chi connectivity index (χ1) is 14.1. The van der Waals surface area contributed by atoms with E-state index in [4.69, 9.17) is 21.1 Å². The standard InChI is InChI=1S/C21H24ClN3O4S/c1-6-25(23-13(2)22)18-9-14-11-24(20(26)19(14)30-18)15-7-8-16(17(10-15)28-5)29-12-21(3,4)27/h6-10,27H,1,11-12H2,2-5H3/b23-13+. The molecule has 0 spiro atoms. The molecule has 0 saturated heterocycles. The first kappa shape index (κ1) is 22.1. The Hall–Kier alpha value is -2.55. The van der Waals surface area contributed by atoms with Gasteiger partial charge in [-0.1, -0.05) is 18.2 Å². The number of ether oxygens (including phenoxy) is 2. The molecule has 0 radical (unpaired) electrons. The quantitative estimate of drug-likeness (QED) is 0.471. The second-order valence-electron chi connectivity index (χ2n) is 7.39. The largest absolute Gasteiger partial charge is 0.493 e. The fourth-order valence-corrected chi connectivity index (χ4v) is 4.08. The first-order valence-electron chi connectivity index (χ1n) is 9.23. The lowest BCUT2D eigenvalue weighted by atomic mass is 10.2. The van der Waals surface area contributed by atoms with E-state index in [1.54, 1.807) is 55.1 Å². The number of methoxy groups -OCH3 is 1. The number of benzene rings is 1. The topological polar surface area (TPSA) is 74.6 Å². The molecule has 0 atom stereocenters. The third kappa shape index (κ3) is 4.77. The molecule has 1 N–H and O–H groups in total. The second kappa shape index (κ2) is 8.67. The van der Waals surface area contributed by atoms with Crippen molar-refractivity contribution in [2.24, 2.45) is 5.10 Å². The highest BCUT2D eigenvalue weighted by Crippen LogP contribution is 2.40. The number of thiophene rings is 1. The van der Waals surface area contributed by atoms with Crippen LogP contribution >= 0.6 is 22.9 Å². The molecule has 1 aromatic carbocycles. The molecule has 2 aromatic rings. The molecule has 0 fully saturated rings. The van der Waals surface area contributed by atoms with Crippen LogP contribution in [-0.2, 0) is 6.54 Å². The van der Waals surface area contributed by atoms with Crippen molar-refractivity contribution in [2.45, 2.75) is 32.9 Å². The highest BCUT2D eigenvalue weighted by atomic mass is 35.5. The number of carbonyl (C=O) groups is 1. The Kier molecular flexibility index (Phi) is 6.40. The minimum Gasteiger partial charge on any atom is -0.493 e. The van der Waals surface area contributed by atoms with Crippen LogP contribution in [0.4, 0.5) is 10.7 Å². The zero-order valence-electron chi connectivity index (χ0n) is 17.3. The maximum atomic E-state index is 13.0. The molecular formula is C21H24ClN3O4S. The summed E-state index contributed by atoms with van der Waals surface area (Å²) in [5.74, 6) is 0.900. The summed E-state index contributed by atoms with van der Waals surface area (Å²) in [4.78, 5) is 15.3. The summed E-state index contributed by atoms with van der Waals surface area (Å²) in [6, 6.07) is 7.21. The third-order valence-corrected chi connectivity index (χ3v) is 5.48. The number of rotatable bonds is 8. The molecule has 1 aliphatic rings. The second-order valence-corrected chi connectivity index (χ2v) is 8.97. The van der Waals surface area contributed by atoms with Gasteiger partial charge in [0.05, 0.1) is 24.1 Å². The summed E-state index contributed by atoms with van der Waals surface area (Å²) < 4.78 is 11.1. The average Bonchev–Trinajstić information content (AvgIpc) is 3.23. The number of hydrogen-bond donors (Lipinski definition) is 1. The predicted molar refractivity (Wildman–Crippen MR) is 121 cm³/mol. The Morgan fingerprint density at radius 1 is 1.43 bits per heavy atom. The van der Waals surface area contributed by atoms with E-state index in [0.717, 1.165) is 10.6 Å². The molecule has 0 saturated carbocycles. The van der Waals surface area contributed by atoms with Crippen LogP contribution in [0.1, 0.15) is 36.0 Å². The van der Waals surface area contributed by atoms with Crippen LogP contribution in [0, 0.1) is 0 Å².